The minimum absolute atomic E-state index is 0.00302. The first-order chi connectivity index (χ1) is 7.51. The molecule has 0 fully saturated rings. The molecule has 4 nitrogen and oxygen atoms in total. The van der Waals surface area contributed by atoms with E-state index in [1.54, 1.807) is 38.1 Å². The van der Waals surface area contributed by atoms with Gasteiger partial charge in [-0.15, -0.1) is 0 Å². The lowest BCUT2D eigenvalue weighted by Crippen LogP contribution is -2.27. The SMILES string of the molecule is CC(C)(O)COc1ccc(OCCO)cc1. The summed E-state index contributed by atoms with van der Waals surface area (Å²) in [6.07, 6.45) is 0. The third-order valence-electron chi connectivity index (χ3n) is 1.78. The van der Waals surface area contributed by atoms with Crippen molar-refractivity contribution >= 4 is 0 Å². The minimum atomic E-state index is -0.841. The Hall–Kier alpha value is -1.26. The molecule has 1 rings (SSSR count). The van der Waals surface area contributed by atoms with E-state index in [0.29, 0.717) is 11.5 Å². The maximum Gasteiger partial charge on any atom is 0.119 e. The van der Waals surface area contributed by atoms with E-state index in [1.165, 1.54) is 0 Å². The molecule has 0 amide bonds. The third-order valence-corrected chi connectivity index (χ3v) is 1.78. The molecular weight excluding hydrogens is 208 g/mol. The first kappa shape index (κ1) is 12.8. The van der Waals surface area contributed by atoms with Crippen molar-refractivity contribution < 1.29 is 19.7 Å². The summed E-state index contributed by atoms with van der Waals surface area (Å²) < 4.78 is 10.6. The highest BCUT2D eigenvalue weighted by Crippen LogP contribution is 2.18. The topological polar surface area (TPSA) is 58.9 Å². The van der Waals surface area contributed by atoms with Crippen molar-refractivity contribution in [2.75, 3.05) is 19.8 Å². The lowest BCUT2D eigenvalue weighted by molar-refractivity contribution is 0.0284. The molecule has 2 N–H and O–H groups in total. The molecule has 0 heterocycles. The van der Waals surface area contributed by atoms with Gasteiger partial charge < -0.3 is 19.7 Å². The van der Waals surface area contributed by atoms with Crippen LogP contribution in [-0.2, 0) is 0 Å². The molecule has 0 aliphatic heterocycles. The normalized spacial score (nSPS) is 11.2. The zero-order valence-corrected chi connectivity index (χ0v) is 9.64. The third kappa shape index (κ3) is 5.00. The van der Waals surface area contributed by atoms with Crippen LogP contribution >= 0.6 is 0 Å². The predicted octanol–water partition coefficient (Wildman–Crippen LogP) is 1.21. The molecule has 0 aliphatic carbocycles. The Bertz CT molecular complexity index is 300. The number of rotatable bonds is 6. The molecular formula is C12H18O4. The van der Waals surface area contributed by atoms with Gasteiger partial charge in [0.2, 0.25) is 0 Å². The monoisotopic (exact) mass is 226 g/mol. The molecule has 90 valence electrons. The quantitative estimate of drug-likeness (QED) is 0.765. The molecule has 1 aromatic rings. The Balaban J connectivity index is 2.45. The van der Waals surface area contributed by atoms with Gasteiger partial charge in [0, 0.05) is 0 Å². The zero-order chi connectivity index (χ0) is 12.0. The molecule has 0 spiro atoms. The van der Waals surface area contributed by atoms with Crippen molar-refractivity contribution in [3.63, 3.8) is 0 Å². The molecule has 0 saturated heterocycles. The van der Waals surface area contributed by atoms with E-state index in [1.807, 2.05) is 0 Å². The average Bonchev–Trinajstić information content (AvgIpc) is 2.24. The van der Waals surface area contributed by atoms with Gasteiger partial charge in [-0.1, -0.05) is 0 Å². The van der Waals surface area contributed by atoms with Gasteiger partial charge in [0.25, 0.3) is 0 Å². The van der Waals surface area contributed by atoms with Crippen LogP contribution in [0.2, 0.25) is 0 Å². The second-order valence-corrected chi connectivity index (χ2v) is 4.14. The fourth-order valence-electron chi connectivity index (χ4n) is 1.06. The molecule has 0 unspecified atom stereocenters. The summed E-state index contributed by atoms with van der Waals surface area (Å²) in [4.78, 5) is 0. The highest BCUT2D eigenvalue weighted by molar-refractivity contribution is 5.31. The maximum atomic E-state index is 9.47. The van der Waals surface area contributed by atoms with Gasteiger partial charge in [-0.2, -0.15) is 0 Å². The van der Waals surface area contributed by atoms with Crippen LogP contribution in [0.4, 0.5) is 0 Å². The van der Waals surface area contributed by atoms with Gasteiger partial charge in [0.15, 0.2) is 0 Å². The van der Waals surface area contributed by atoms with Crippen LogP contribution in [0.25, 0.3) is 0 Å². The number of benzene rings is 1. The first-order valence-electron chi connectivity index (χ1n) is 5.20. The second-order valence-electron chi connectivity index (χ2n) is 4.14. The summed E-state index contributed by atoms with van der Waals surface area (Å²) in [5.41, 5.74) is -0.841. The Morgan fingerprint density at radius 1 is 1.06 bits per heavy atom. The standard InChI is InChI=1S/C12H18O4/c1-12(2,14)9-16-11-5-3-10(4-6-11)15-8-7-13/h3-6,13-14H,7-9H2,1-2H3. The van der Waals surface area contributed by atoms with Crippen LogP contribution in [0.5, 0.6) is 11.5 Å². The molecule has 0 bridgehead atoms. The van der Waals surface area contributed by atoms with Crippen molar-refractivity contribution in [2.24, 2.45) is 0 Å². The first-order valence-corrected chi connectivity index (χ1v) is 5.20. The van der Waals surface area contributed by atoms with Crippen LogP contribution in [0.15, 0.2) is 24.3 Å². The van der Waals surface area contributed by atoms with Gasteiger partial charge in [-0.3, -0.25) is 0 Å². The Kier molecular flexibility index (Phi) is 4.58. The molecule has 0 aromatic heterocycles. The number of hydrogen-bond donors (Lipinski definition) is 2. The Morgan fingerprint density at radius 3 is 2.00 bits per heavy atom. The van der Waals surface area contributed by atoms with Crippen molar-refractivity contribution in [3.05, 3.63) is 24.3 Å². The van der Waals surface area contributed by atoms with E-state index < -0.39 is 5.60 Å². The van der Waals surface area contributed by atoms with Gasteiger partial charge in [0.05, 0.1) is 12.2 Å². The molecule has 0 atom stereocenters. The fraction of sp³-hybridized carbons (Fsp3) is 0.500. The van der Waals surface area contributed by atoms with Crippen molar-refractivity contribution in [1.82, 2.24) is 0 Å². The largest absolute Gasteiger partial charge is 0.491 e. The van der Waals surface area contributed by atoms with Crippen LogP contribution in [0.1, 0.15) is 13.8 Å². The number of aliphatic hydroxyl groups is 2. The molecule has 4 heteroatoms. The summed E-state index contributed by atoms with van der Waals surface area (Å²) in [6.45, 7) is 3.89. The van der Waals surface area contributed by atoms with Crippen LogP contribution in [-0.4, -0.2) is 35.6 Å². The summed E-state index contributed by atoms with van der Waals surface area (Å²) in [5, 5.41) is 18.1. The molecule has 0 radical (unpaired) electrons. The Morgan fingerprint density at radius 2 is 1.56 bits per heavy atom. The van der Waals surface area contributed by atoms with Crippen molar-refractivity contribution in [2.45, 2.75) is 19.4 Å². The summed E-state index contributed by atoms with van der Waals surface area (Å²) in [5.74, 6) is 1.36. The van der Waals surface area contributed by atoms with Gasteiger partial charge in [-0.25, -0.2) is 0 Å². The van der Waals surface area contributed by atoms with Gasteiger partial charge >= 0.3 is 0 Å². The molecule has 16 heavy (non-hydrogen) atoms. The maximum absolute atomic E-state index is 9.47. The van der Waals surface area contributed by atoms with Crippen molar-refractivity contribution in [1.29, 1.82) is 0 Å². The van der Waals surface area contributed by atoms with Crippen LogP contribution in [0, 0.1) is 0 Å². The highest BCUT2D eigenvalue weighted by Gasteiger charge is 2.13. The van der Waals surface area contributed by atoms with Crippen molar-refractivity contribution in [3.8, 4) is 11.5 Å². The lowest BCUT2D eigenvalue weighted by Gasteiger charge is -2.17. The minimum Gasteiger partial charge on any atom is -0.491 e. The van der Waals surface area contributed by atoms with Crippen LogP contribution < -0.4 is 9.47 Å². The summed E-state index contributed by atoms with van der Waals surface area (Å²) >= 11 is 0. The zero-order valence-electron chi connectivity index (χ0n) is 9.64. The molecule has 1 aromatic carbocycles. The summed E-state index contributed by atoms with van der Waals surface area (Å²) in [7, 11) is 0. The van der Waals surface area contributed by atoms with E-state index in [0.717, 1.165) is 0 Å². The number of hydrogen-bond acceptors (Lipinski definition) is 4. The van der Waals surface area contributed by atoms with Gasteiger partial charge in [0.1, 0.15) is 24.7 Å². The van der Waals surface area contributed by atoms with Gasteiger partial charge in [-0.05, 0) is 38.1 Å². The predicted molar refractivity (Wildman–Crippen MR) is 60.8 cm³/mol. The highest BCUT2D eigenvalue weighted by atomic mass is 16.5. The van der Waals surface area contributed by atoms with E-state index in [2.05, 4.69) is 0 Å². The fourth-order valence-corrected chi connectivity index (χ4v) is 1.06. The Labute approximate surface area is 95.4 Å². The molecule has 0 aliphatic rings. The smallest absolute Gasteiger partial charge is 0.119 e. The average molecular weight is 226 g/mol. The summed E-state index contributed by atoms with van der Waals surface area (Å²) in [6, 6.07) is 7.04. The molecule has 0 saturated carbocycles. The van der Waals surface area contributed by atoms with E-state index in [-0.39, 0.29) is 19.8 Å². The number of ether oxygens (including phenoxy) is 2. The lowest BCUT2D eigenvalue weighted by atomic mass is 10.2. The van der Waals surface area contributed by atoms with E-state index in [9.17, 15) is 5.11 Å². The second kappa shape index (κ2) is 5.72. The number of aliphatic hydroxyl groups excluding tert-OH is 1. The van der Waals surface area contributed by atoms with E-state index in [4.69, 9.17) is 14.6 Å². The van der Waals surface area contributed by atoms with Crippen LogP contribution in [0.3, 0.4) is 0 Å². The van der Waals surface area contributed by atoms with E-state index >= 15 is 0 Å².